The second-order valence-corrected chi connectivity index (χ2v) is 9.01. The summed E-state index contributed by atoms with van der Waals surface area (Å²) in [5.74, 6) is 1.02. The van der Waals surface area contributed by atoms with Crippen LogP contribution in [0, 0.1) is 0 Å². The van der Waals surface area contributed by atoms with Crippen LogP contribution < -0.4 is 19.7 Å². The van der Waals surface area contributed by atoms with Crippen LogP contribution in [-0.2, 0) is 4.74 Å². The zero-order valence-corrected chi connectivity index (χ0v) is 19.9. The van der Waals surface area contributed by atoms with Crippen molar-refractivity contribution in [2.75, 3.05) is 62.7 Å². The third kappa shape index (κ3) is 6.52. The molecule has 2 saturated heterocycles. The Bertz CT molecular complexity index is 1130. The number of benzene rings is 2. The van der Waals surface area contributed by atoms with Crippen molar-refractivity contribution in [3.63, 3.8) is 0 Å². The van der Waals surface area contributed by atoms with E-state index in [0.29, 0.717) is 12.3 Å². The number of aromatic amines is 1. The zero-order chi connectivity index (χ0) is 25.0. The second kappa shape index (κ2) is 10.8. The zero-order valence-electron chi connectivity index (χ0n) is 19.9. The summed E-state index contributed by atoms with van der Waals surface area (Å²) in [6.45, 7) is 7.04. The summed E-state index contributed by atoms with van der Waals surface area (Å²) >= 11 is 0. The summed E-state index contributed by atoms with van der Waals surface area (Å²) in [6.07, 6.45) is -2.91. The van der Waals surface area contributed by atoms with E-state index in [0.717, 1.165) is 81.4 Å². The average molecular weight is 506 g/mol. The quantitative estimate of drug-likeness (QED) is 0.421. The molecular formula is C25H30F3N5O3. The molecule has 11 heteroatoms. The number of halogens is 3. The van der Waals surface area contributed by atoms with E-state index >= 15 is 0 Å². The molecule has 2 fully saturated rings. The molecule has 0 bridgehead atoms. The van der Waals surface area contributed by atoms with Crippen molar-refractivity contribution in [2.45, 2.75) is 25.3 Å². The fourth-order valence-electron chi connectivity index (χ4n) is 4.58. The lowest BCUT2D eigenvalue weighted by molar-refractivity contribution is -0.274. The van der Waals surface area contributed by atoms with Crippen LogP contribution in [0.3, 0.4) is 0 Å². The molecule has 0 radical (unpaired) electrons. The first-order valence-electron chi connectivity index (χ1n) is 12.2. The fourth-order valence-corrected chi connectivity index (χ4v) is 4.58. The molecule has 3 aromatic rings. The van der Waals surface area contributed by atoms with Gasteiger partial charge in [0.2, 0.25) is 5.95 Å². The number of nitrogens with zero attached hydrogens (tertiary/aromatic N) is 3. The van der Waals surface area contributed by atoms with E-state index in [1.165, 1.54) is 24.3 Å². The number of H-pyrrole nitrogens is 1. The largest absolute Gasteiger partial charge is 0.573 e. The van der Waals surface area contributed by atoms with Gasteiger partial charge < -0.3 is 29.4 Å². The highest BCUT2D eigenvalue weighted by atomic mass is 19.4. The lowest BCUT2D eigenvalue weighted by Gasteiger charge is -2.26. The number of aromatic nitrogens is 2. The molecular weight excluding hydrogens is 475 g/mol. The molecule has 0 aliphatic carbocycles. The molecule has 2 aliphatic heterocycles. The Morgan fingerprint density at radius 3 is 2.61 bits per heavy atom. The molecule has 2 aromatic carbocycles. The molecule has 3 heterocycles. The van der Waals surface area contributed by atoms with Crippen LogP contribution in [0.15, 0.2) is 42.5 Å². The number of imidazole rings is 1. The first-order chi connectivity index (χ1) is 17.4. The number of fused-ring (bicyclic) bond motifs is 1. The molecule has 2 N–H and O–H groups in total. The third-order valence-corrected chi connectivity index (χ3v) is 6.38. The van der Waals surface area contributed by atoms with E-state index < -0.39 is 6.36 Å². The Morgan fingerprint density at radius 2 is 1.83 bits per heavy atom. The highest BCUT2D eigenvalue weighted by molar-refractivity contribution is 5.81. The predicted octanol–water partition coefficient (Wildman–Crippen LogP) is 4.25. The van der Waals surface area contributed by atoms with E-state index in [9.17, 15) is 13.2 Å². The van der Waals surface area contributed by atoms with Crippen molar-refractivity contribution < 1.29 is 27.4 Å². The summed E-state index contributed by atoms with van der Waals surface area (Å²) in [6, 6.07) is 11.7. The number of hydrogen-bond acceptors (Lipinski definition) is 7. The number of rotatable bonds is 9. The summed E-state index contributed by atoms with van der Waals surface area (Å²) in [7, 11) is 0. The molecule has 194 valence electrons. The minimum absolute atomic E-state index is 0.0551. The van der Waals surface area contributed by atoms with Crippen molar-refractivity contribution in [3.05, 3.63) is 42.5 Å². The maximum Gasteiger partial charge on any atom is 0.573 e. The van der Waals surface area contributed by atoms with Gasteiger partial charge in [0.25, 0.3) is 0 Å². The second-order valence-electron chi connectivity index (χ2n) is 9.01. The molecule has 1 unspecified atom stereocenters. The molecule has 36 heavy (non-hydrogen) atoms. The van der Waals surface area contributed by atoms with Crippen molar-refractivity contribution in [3.8, 4) is 11.5 Å². The molecule has 0 saturated carbocycles. The maximum absolute atomic E-state index is 12.3. The lowest BCUT2D eigenvalue weighted by atomic mass is 10.2. The molecule has 8 nitrogen and oxygen atoms in total. The van der Waals surface area contributed by atoms with Crippen molar-refractivity contribution in [1.82, 2.24) is 14.9 Å². The van der Waals surface area contributed by atoms with Gasteiger partial charge in [-0.3, -0.25) is 4.90 Å². The van der Waals surface area contributed by atoms with Crippen LogP contribution in [0.5, 0.6) is 11.5 Å². The topological polar surface area (TPSA) is 74.9 Å². The molecule has 1 atom stereocenters. The van der Waals surface area contributed by atoms with Crippen molar-refractivity contribution in [2.24, 2.45) is 0 Å². The number of ether oxygens (including phenoxy) is 3. The van der Waals surface area contributed by atoms with E-state index in [-0.39, 0.29) is 11.9 Å². The van der Waals surface area contributed by atoms with Gasteiger partial charge in [-0.15, -0.1) is 13.2 Å². The number of anilines is 2. The smallest absolute Gasteiger partial charge is 0.489 e. The van der Waals surface area contributed by atoms with Gasteiger partial charge in [0.05, 0.1) is 30.8 Å². The minimum Gasteiger partial charge on any atom is -0.489 e. The summed E-state index contributed by atoms with van der Waals surface area (Å²) in [5, 5.41) is 3.38. The Labute approximate surface area is 207 Å². The van der Waals surface area contributed by atoms with E-state index in [1.807, 2.05) is 6.07 Å². The van der Waals surface area contributed by atoms with Gasteiger partial charge in [-0.1, -0.05) is 0 Å². The summed E-state index contributed by atoms with van der Waals surface area (Å²) in [4.78, 5) is 12.7. The SMILES string of the molecule is FC(F)(F)Oc1ccc(OC2CCN(c3ccc4nc(NCCCN5CCOCC5)[nH]c4c3)C2)cc1. The van der Waals surface area contributed by atoms with Crippen molar-refractivity contribution >= 4 is 22.7 Å². The molecule has 5 rings (SSSR count). The van der Waals surface area contributed by atoms with Crippen LogP contribution in [0.2, 0.25) is 0 Å². The highest BCUT2D eigenvalue weighted by Gasteiger charge is 2.31. The van der Waals surface area contributed by atoms with Crippen LogP contribution in [-0.4, -0.2) is 79.8 Å². The highest BCUT2D eigenvalue weighted by Crippen LogP contribution is 2.29. The van der Waals surface area contributed by atoms with E-state index in [2.05, 4.69) is 42.0 Å². The monoisotopic (exact) mass is 505 g/mol. The number of nitrogens with one attached hydrogen (secondary N) is 2. The first-order valence-corrected chi connectivity index (χ1v) is 12.2. The molecule has 0 spiro atoms. The standard InChI is InChI=1S/C25H30F3N5O3/c26-25(27,28)36-20-5-3-19(4-6-20)35-21-8-11-33(17-21)18-2-7-22-23(16-18)31-24(30-22)29-9-1-10-32-12-14-34-15-13-32/h2-7,16,21H,1,8-15,17H2,(H2,29,30,31). The predicted molar refractivity (Wildman–Crippen MR) is 131 cm³/mol. The van der Waals surface area contributed by atoms with Gasteiger partial charge in [0.1, 0.15) is 17.6 Å². The number of morpholine rings is 1. The van der Waals surface area contributed by atoms with Crippen molar-refractivity contribution in [1.29, 1.82) is 0 Å². The lowest BCUT2D eigenvalue weighted by Crippen LogP contribution is -2.37. The first kappa shape index (κ1) is 24.5. The van der Waals surface area contributed by atoms with Crippen LogP contribution in [0.1, 0.15) is 12.8 Å². The Hall–Kier alpha value is -3.18. The van der Waals surface area contributed by atoms with Gasteiger partial charge >= 0.3 is 6.36 Å². The van der Waals surface area contributed by atoms with E-state index in [4.69, 9.17) is 9.47 Å². The molecule has 2 aliphatic rings. The summed E-state index contributed by atoms with van der Waals surface area (Å²) < 4.78 is 52.3. The van der Waals surface area contributed by atoms with Crippen LogP contribution in [0.4, 0.5) is 24.8 Å². The summed E-state index contributed by atoms with van der Waals surface area (Å²) in [5.41, 5.74) is 2.94. The minimum atomic E-state index is -4.70. The van der Waals surface area contributed by atoms with Gasteiger partial charge in [-0.2, -0.15) is 0 Å². The van der Waals surface area contributed by atoms with Crippen LogP contribution >= 0.6 is 0 Å². The van der Waals surface area contributed by atoms with Gasteiger partial charge in [-0.05, 0) is 55.4 Å². The van der Waals surface area contributed by atoms with E-state index in [1.54, 1.807) is 0 Å². The average Bonchev–Trinajstić information content (AvgIpc) is 3.49. The molecule has 1 aromatic heterocycles. The van der Waals surface area contributed by atoms with Crippen LogP contribution in [0.25, 0.3) is 11.0 Å². The Balaban J connectivity index is 1.11. The van der Waals surface area contributed by atoms with Gasteiger partial charge in [0, 0.05) is 38.3 Å². The normalized spacial score (nSPS) is 19.1. The Morgan fingerprint density at radius 1 is 1.06 bits per heavy atom. The fraction of sp³-hybridized carbons (Fsp3) is 0.480. The molecule has 0 amide bonds. The van der Waals surface area contributed by atoms with Gasteiger partial charge in [0.15, 0.2) is 0 Å². The van der Waals surface area contributed by atoms with Gasteiger partial charge in [-0.25, -0.2) is 4.98 Å². The Kier molecular flexibility index (Phi) is 7.38. The maximum atomic E-state index is 12.3. The number of alkyl halides is 3. The third-order valence-electron chi connectivity index (χ3n) is 6.38. The number of hydrogen-bond donors (Lipinski definition) is 2.